The van der Waals surface area contributed by atoms with E-state index in [4.69, 9.17) is 9.47 Å². The first-order valence-corrected chi connectivity index (χ1v) is 38.5. The first-order valence-electron chi connectivity index (χ1n) is 38.5. The average molecular weight is 1540 g/mol. The Morgan fingerprint density at radius 2 is 0.835 bits per heavy atom. The summed E-state index contributed by atoms with van der Waals surface area (Å²) in [6.45, 7) is 28.4. The van der Waals surface area contributed by atoms with Crippen LogP contribution in [-0.2, 0) is 32.4 Å². The third-order valence-corrected chi connectivity index (χ3v) is 20.4. The minimum absolute atomic E-state index is 0.185. The van der Waals surface area contributed by atoms with E-state index in [0.717, 1.165) is 153 Å². The Morgan fingerprint density at radius 1 is 0.391 bits per heavy atom. The molecule has 0 saturated carbocycles. The van der Waals surface area contributed by atoms with E-state index < -0.39 is 22.5 Å². The smallest absolute Gasteiger partial charge is 0.349 e. The number of likely N-dealkylation sites (N-methyl/N-ethyl adjacent to an activating group) is 1. The normalized spacial score (nSPS) is 11.8. The Hall–Kier alpha value is -13.4. The molecule has 25 heteroatoms. The lowest BCUT2D eigenvalue weighted by Gasteiger charge is -2.28. The van der Waals surface area contributed by atoms with Crippen molar-refractivity contribution in [3.8, 4) is 34.5 Å². The number of rotatable bonds is 21. The fraction of sp³-hybridized carbons (Fsp3) is 0.267. The van der Waals surface area contributed by atoms with E-state index in [1.165, 1.54) is 22.3 Å². The molecule has 8 aromatic carbocycles. The Bertz CT molecular complexity index is 6480. The highest BCUT2D eigenvalue weighted by Gasteiger charge is 2.27. The number of hydrogen-bond acceptors (Lipinski definition) is 19. The largest absolute Gasteiger partial charge is 0.492 e. The molecular weight excluding hydrogens is 1450 g/mol. The maximum Gasteiger partial charge on any atom is 0.349 e. The number of hydrogen-bond donors (Lipinski definition) is 4. The molecule has 4 N–H and O–H groups in total. The van der Waals surface area contributed by atoms with E-state index in [1.807, 2.05) is 149 Å². The first-order chi connectivity index (χ1) is 55.4. The van der Waals surface area contributed by atoms with Crippen molar-refractivity contribution in [2.24, 2.45) is 9.98 Å². The molecule has 0 fully saturated rings. The van der Waals surface area contributed by atoms with Crippen molar-refractivity contribution in [2.45, 2.75) is 113 Å². The molecule has 6 aliphatic heterocycles. The van der Waals surface area contributed by atoms with Gasteiger partial charge < -0.3 is 43.3 Å². The molecule has 115 heavy (non-hydrogen) atoms. The van der Waals surface area contributed by atoms with Crippen LogP contribution in [0.4, 0.5) is 34.4 Å². The molecule has 0 bridgehead atoms. The molecule has 16 rings (SSSR count). The van der Waals surface area contributed by atoms with Crippen LogP contribution in [0.5, 0.6) is 11.5 Å². The molecular formula is C90H93N17O8. The van der Waals surface area contributed by atoms with Gasteiger partial charge in [0.05, 0.1) is 51.4 Å². The topological polar surface area (TPSA) is 306 Å². The number of anilines is 4. The highest BCUT2D eigenvalue weighted by atomic mass is 16.5. The molecule has 0 radical (unpaired) electrons. The van der Waals surface area contributed by atoms with E-state index in [9.17, 15) is 28.8 Å². The third-order valence-electron chi connectivity index (χ3n) is 20.4. The van der Waals surface area contributed by atoms with E-state index >= 15 is 0 Å². The molecule has 0 unspecified atom stereocenters. The summed E-state index contributed by atoms with van der Waals surface area (Å²) in [6, 6.07) is 55.0. The fourth-order valence-corrected chi connectivity index (χ4v) is 13.8. The average Bonchev–Trinajstić information content (AvgIpc) is 0.780. The monoisotopic (exact) mass is 1540 g/mol. The van der Waals surface area contributed by atoms with Crippen molar-refractivity contribution in [2.75, 3.05) is 56.7 Å². The highest BCUT2D eigenvalue weighted by Crippen LogP contribution is 2.38. The molecule has 0 aliphatic carbocycles. The lowest BCUT2D eigenvalue weighted by Crippen LogP contribution is -2.43. The molecule has 25 nitrogen and oxygen atoms in total. The van der Waals surface area contributed by atoms with Crippen molar-refractivity contribution in [1.82, 2.24) is 63.9 Å². The van der Waals surface area contributed by atoms with Crippen LogP contribution < -0.4 is 74.6 Å². The summed E-state index contributed by atoms with van der Waals surface area (Å²) in [5.41, 5.74) is 17.8. The van der Waals surface area contributed by atoms with Gasteiger partial charge in [0, 0.05) is 26.2 Å². The number of unbranched alkanes of at least 4 members (excludes halogenated alkanes) is 1. The molecule has 2 aromatic heterocycles. The van der Waals surface area contributed by atoms with Crippen molar-refractivity contribution in [1.29, 1.82) is 0 Å². The minimum atomic E-state index is -0.656. The summed E-state index contributed by atoms with van der Waals surface area (Å²) in [4.78, 5) is 124. The number of nitrogens with zero attached hydrogens (tertiary/aromatic N) is 13. The van der Waals surface area contributed by atoms with E-state index in [-0.39, 0.29) is 22.5 Å². The minimum Gasteiger partial charge on any atom is -0.492 e. The predicted octanol–water partition coefficient (Wildman–Crippen LogP) is 11.1. The van der Waals surface area contributed by atoms with Crippen LogP contribution in [0.3, 0.4) is 0 Å². The number of fused-ring (bicyclic) bond motifs is 8. The van der Waals surface area contributed by atoms with Crippen LogP contribution in [0, 0.1) is 55.4 Å². The molecule has 0 atom stereocenters. The van der Waals surface area contributed by atoms with Crippen molar-refractivity contribution >= 4 is 69.6 Å². The predicted molar refractivity (Wildman–Crippen MR) is 453 cm³/mol. The number of nitrogens with one attached hydrogen (secondary N) is 4. The van der Waals surface area contributed by atoms with Gasteiger partial charge >= 0.3 is 11.4 Å². The second-order valence-electron chi connectivity index (χ2n) is 29.4. The molecule has 0 spiro atoms. The zero-order valence-corrected chi connectivity index (χ0v) is 66.5. The number of benzene rings is 8. The lowest BCUT2D eigenvalue weighted by molar-refractivity contribution is 0.261. The van der Waals surface area contributed by atoms with Gasteiger partial charge in [0.15, 0.2) is 45.4 Å². The quantitative estimate of drug-likeness (QED) is 0.0384. The van der Waals surface area contributed by atoms with Gasteiger partial charge in [-0.25, -0.2) is 39.5 Å². The van der Waals surface area contributed by atoms with Crippen LogP contribution in [0.15, 0.2) is 203 Å². The zero-order valence-electron chi connectivity index (χ0n) is 66.5. The molecule has 10 aromatic rings. The Kier molecular flexibility index (Phi) is 24.6. The van der Waals surface area contributed by atoms with Gasteiger partial charge in [-0.2, -0.15) is 9.97 Å². The van der Waals surface area contributed by atoms with Crippen LogP contribution in [0.25, 0.3) is 58.3 Å². The zero-order chi connectivity index (χ0) is 81.1. The number of aromatic nitrogens is 12. The maximum absolute atomic E-state index is 12.4. The number of ether oxygens (including phenoxy) is 2. The number of aryl methyl sites for hydroxylation is 13. The molecule has 6 aliphatic rings. The highest BCUT2D eigenvalue weighted by molar-refractivity contribution is 5.83. The SMILES string of the molecule is C=c1nc2c(c(=O)[nH]1)=Nc1cc(C)c(C)cc1N2CCOc1ccccc1.C=c1nc2c(c(=O)[nH]1)=Nc1cc(C)ccc1N2CCCCc1ccccc1.Cc1cc2nc3c(=O)[nH]c(=O)nc-3n(CCCc3ccc(OCCN(C)C)cc3)c2cc1C.Cc1ccc(CCCn2c3nc(=O)[nH]c(=O)c-3nc3cc(C)c(C)cc32)cc1. The van der Waals surface area contributed by atoms with E-state index in [0.29, 0.717) is 77.8 Å². The molecule has 8 heterocycles. The first kappa shape index (κ1) is 79.7. The third kappa shape index (κ3) is 19.0. The summed E-state index contributed by atoms with van der Waals surface area (Å²) in [5, 5.41) is 0.668. The molecule has 0 saturated heterocycles. The van der Waals surface area contributed by atoms with Crippen LogP contribution in [0.1, 0.15) is 86.9 Å². The fourth-order valence-electron chi connectivity index (χ4n) is 13.8. The Labute approximate surface area is 663 Å². The van der Waals surface area contributed by atoms with Crippen molar-refractivity contribution in [3.63, 3.8) is 0 Å². The van der Waals surface area contributed by atoms with Crippen LogP contribution >= 0.6 is 0 Å². The van der Waals surface area contributed by atoms with Gasteiger partial charge in [-0.05, 0) is 243 Å². The van der Waals surface area contributed by atoms with Gasteiger partial charge in [0.25, 0.3) is 22.2 Å². The van der Waals surface area contributed by atoms with Gasteiger partial charge in [0.1, 0.15) is 35.7 Å². The number of aromatic amines is 4. The summed E-state index contributed by atoms with van der Waals surface area (Å²) < 4.78 is 15.5. The van der Waals surface area contributed by atoms with Gasteiger partial charge in [0.2, 0.25) is 0 Å². The summed E-state index contributed by atoms with van der Waals surface area (Å²) in [6.07, 6.45) is 6.51. The van der Waals surface area contributed by atoms with Crippen molar-refractivity contribution < 1.29 is 9.47 Å². The maximum atomic E-state index is 12.4. The van der Waals surface area contributed by atoms with Crippen molar-refractivity contribution in [3.05, 3.63) is 309 Å². The summed E-state index contributed by atoms with van der Waals surface area (Å²) in [7, 11) is 4.04. The lowest BCUT2D eigenvalue weighted by atomic mass is 10.1. The van der Waals surface area contributed by atoms with Gasteiger partial charge in [-0.1, -0.05) is 110 Å². The van der Waals surface area contributed by atoms with Gasteiger partial charge in [-0.3, -0.25) is 29.1 Å². The second kappa shape index (κ2) is 35.5. The van der Waals surface area contributed by atoms with Gasteiger partial charge in [-0.15, -0.1) is 0 Å². The Balaban J connectivity index is 0.000000134. The van der Waals surface area contributed by atoms with Crippen LogP contribution in [-0.4, -0.2) is 111 Å². The van der Waals surface area contributed by atoms with E-state index in [1.54, 1.807) is 0 Å². The molecule has 586 valence electrons. The standard InChI is InChI=1S/C25H29N5O3.C22H22N4O2.C22H22N4O.C21H20N4O2/c1-16-14-20-21(15-17(16)2)30(23-22(26-20)24(31)28-25(32)27-23)11-5-6-18-7-9-19(10-8-18)33-13-12-29(3)4;1-13-6-8-16(9-7-13)5-4-10-26-18-12-15(3)14(2)11-17(18)23-19-20(26)24-22(28)25-21(19)27;1-15-11-12-19-18(14-15)25-20-21(23-16(2)24-22(20)27)26(19)13-7-6-10-17-8-4-3-5-9-17;1-13-11-17-18(12-14(13)2)25(9-10-27-16-7-5-4-6-8-16)20-19(24-17)21(26)23-15(3)22-20/h7-10,14-15H,5-6,11-13H2,1-4H3,(H,28,31,32);6-9,11-12H,4-5,10H2,1-3H3,(H,25,27,28);3-5,8-9,11-12,14H,2,6-7,10,13H2,1H3,(H,24,27);4-8,11-12H,3,9-10H2,1-2H3,(H,23,26). The number of para-hydroxylation sites is 1. The summed E-state index contributed by atoms with van der Waals surface area (Å²) in [5.74, 6) is 3.43. The van der Waals surface area contributed by atoms with Crippen LogP contribution in [0.2, 0.25) is 0 Å². The van der Waals surface area contributed by atoms with E-state index in [2.05, 4.69) is 182 Å². The second-order valence-corrected chi connectivity index (χ2v) is 29.4. The molecule has 0 amide bonds. The Morgan fingerprint density at radius 3 is 1.37 bits per heavy atom. The summed E-state index contributed by atoms with van der Waals surface area (Å²) >= 11 is 0. The number of H-pyrrole nitrogens is 4.